The second kappa shape index (κ2) is 4.37. The van der Waals surface area contributed by atoms with Gasteiger partial charge < -0.3 is 0 Å². The monoisotopic (exact) mass is 233 g/mol. The largest absolute Gasteiger partial charge is 0.298 e. The van der Waals surface area contributed by atoms with Gasteiger partial charge in [-0.25, -0.2) is 9.97 Å². The maximum Gasteiger partial charge on any atom is 0.155 e. The van der Waals surface area contributed by atoms with Gasteiger partial charge in [0, 0.05) is 17.5 Å². The van der Waals surface area contributed by atoms with Crippen LogP contribution in [0.4, 0.5) is 0 Å². The SMILES string of the molecule is Cc1ccc(-c2ncnc(Cl)c2C=O)cn1. The van der Waals surface area contributed by atoms with Crippen LogP contribution in [-0.2, 0) is 0 Å². The second-order valence-corrected chi connectivity index (χ2v) is 3.59. The summed E-state index contributed by atoms with van der Waals surface area (Å²) in [6.07, 6.45) is 3.63. The van der Waals surface area contributed by atoms with E-state index in [2.05, 4.69) is 15.0 Å². The number of rotatable bonds is 2. The van der Waals surface area contributed by atoms with Crippen molar-refractivity contribution in [3.63, 3.8) is 0 Å². The van der Waals surface area contributed by atoms with Gasteiger partial charge in [-0.05, 0) is 19.1 Å². The first-order chi connectivity index (χ1) is 7.72. The highest BCUT2D eigenvalue weighted by molar-refractivity contribution is 6.32. The standard InChI is InChI=1S/C11H8ClN3O/c1-7-2-3-8(4-13-7)10-9(5-16)11(12)15-6-14-10/h2-6H,1H3. The Hall–Kier alpha value is -1.81. The number of hydrogen-bond donors (Lipinski definition) is 0. The molecule has 4 nitrogen and oxygen atoms in total. The van der Waals surface area contributed by atoms with Crippen molar-refractivity contribution < 1.29 is 4.79 Å². The number of pyridine rings is 1. The van der Waals surface area contributed by atoms with Crippen LogP contribution in [0.15, 0.2) is 24.7 Å². The molecular weight excluding hydrogens is 226 g/mol. The lowest BCUT2D eigenvalue weighted by Crippen LogP contribution is -1.96. The Morgan fingerprint density at radius 2 is 2.06 bits per heavy atom. The highest BCUT2D eigenvalue weighted by Gasteiger charge is 2.10. The number of aromatic nitrogens is 3. The van der Waals surface area contributed by atoms with Crippen molar-refractivity contribution in [3.8, 4) is 11.3 Å². The van der Waals surface area contributed by atoms with Gasteiger partial charge in [0.2, 0.25) is 0 Å². The van der Waals surface area contributed by atoms with Gasteiger partial charge in [0.05, 0.1) is 11.3 Å². The second-order valence-electron chi connectivity index (χ2n) is 3.23. The third-order valence-electron chi connectivity index (χ3n) is 2.14. The van der Waals surface area contributed by atoms with Gasteiger partial charge in [0.1, 0.15) is 11.5 Å². The molecule has 0 saturated heterocycles. The number of carbonyl (C=O) groups is 1. The van der Waals surface area contributed by atoms with E-state index in [0.717, 1.165) is 11.3 Å². The van der Waals surface area contributed by atoms with Crippen LogP contribution in [0.2, 0.25) is 5.15 Å². The first-order valence-electron chi connectivity index (χ1n) is 4.61. The van der Waals surface area contributed by atoms with E-state index >= 15 is 0 Å². The molecule has 0 unspecified atom stereocenters. The van der Waals surface area contributed by atoms with Crippen molar-refractivity contribution in [2.45, 2.75) is 6.92 Å². The van der Waals surface area contributed by atoms with E-state index in [0.29, 0.717) is 12.0 Å². The quantitative estimate of drug-likeness (QED) is 0.590. The highest BCUT2D eigenvalue weighted by Crippen LogP contribution is 2.23. The normalized spacial score (nSPS) is 10.1. The zero-order chi connectivity index (χ0) is 11.5. The number of halogens is 1. The molecule has 5 heteroatoms. The topological polar surface area (TPSA) is 55.7 Å². The molecule has 2 aromatic rings. The fourth-order valence-electron chi connectivity index (χ4n) is 1.32. The number of aldehydes is 1. The molecule has 0 saturated carbocycles. The molecule has 2 aromatic heterocycles. The molecule has 2 rings (SSSR count). The van der Waals surface area contributed by atoms with E-state index in [1.54, 1.807) is 6.20 Å². The molecule has 0 radical (unpaired) electrons. The van der Waals surface area contributed by atoms with Crippen molar-refractivity contribution in [2.24, 2.45) is 0 Å². The van der Waals surface area contributed by atoms with Crippen LogP contribution in [-0.4, -0.2) is 21.2 Å². The van der Waals surface area contributed by atoms with Crippen molar-refractivity contribution >= 4 is 17.9 Å². The predicted molar refractivity (Wildman–Crippen MR) is 60.4 cm³/mol. The van der Waals surface area contributed by atoms with Gasteiger partial charge in [0.25, 0.3) is 0 Å². The summed E-state index contributed by atoms with van der Waals surface area (Å²) in [5.41, 5.74) is 2.44. The molecule has 0 fully saturated rings. The Labute approximate surface area is 97.3 Å². The van der Waals surface area contributed by atoms with Gasteiger partial charge in [0.15, 0.2) is 6.29 Å². The van der Waals surface area contributed by atoms with Gasteiger partial charge in [-0.2, -0.15) is 0 Å². The molecule has 0 atom stereocenters. The molecule has 0 N–H and O–H groups in total. The molecule has 0 aliphatic carbocycles. The molecule has 0 aliphatic heterocycles. The minimum Gasteiger partial charge on any atom is -0.298 e. The smallest absolute Gasteiger partial charge is 0.155 e. The molecular formula is C11H8ClN3O. The fourth-order valence-corrected chi connectivity index (χ4v) is 1.49. The zero-order valence-corrected chi connectivity index (χ0v) is 9.27. The van der Waals surface area contributed by atoms with Crippen LogP contribution >= 0.6 is 11.6 Å². The van der Waals surface area contributed by atoms with Crippen molar-refractivity contribution in [2.75, 3.05) is 0 Å². The van der Waals surface area contributed by atoms with E-state index in [-0.39, 0.29) is 10.7 Å². The van der Waals surface area contributed by atoms with Crippen molar-refractivity contribution in [1.29, 1.82) is 0 Å². The van der Waals surface area contributed by atoms with E-state index in [1.807, 2.05) is 19.1 Å². The number of hydrogen-bond acceptors (Lipinski definition) is 4. The lowest BCUT2D eigenvalue weighted by Gasteiger charge is -2.04. The Morgan fingerprint density at radius 3 is 2.69 bits per heavy atom. The summed E-state index contributed by atoms with van der Waals surface area (Å²) in [6, 6.07) is 3.69. The summed E-state index contributed by atoms with van der Waals surface area (Å²) in [4.78, 5) is 22.8. The summed E-state index contributed by atoms with van der Waals surface area (Å²) in [5, 5.41) is 0.153. The summed E-state index contributed by atoms with van der Waals surface area (Å²) >= 11 is 5.81. The minimum absolute atomic E-state index is 0.153. The average Bonchev–Trinajstić information content (AvgIpc) is 2.30. The maximum atomic E-state index is 10.9. The molecule has 0 aromatic carbocycles. The first-order valence-corrected chi connectivity index (χ1v) is 4.99. The van der Waals surface area contributed by atoms with Gasteiger partial charge in [-0.3, -0.25) is 9.78 Å². The van der Waals surface area contributed by atoms with Crippen LogP contribution in [0.3, 0.4) is 0 Å². The molecule has 16 heavy (non-hydrogen) atoms. The van der Waals surface area contributed by atoms with Crippen LogP contribution in [0.1, 0.15) is 16.1 Å². The number of aryl methyl sites for hydroxylation is 1. The molecule has 0 spiro atoms. The Bertz CT molecular complexity index is 525. The van der Waals surface area contributed by atoms with Crippen molar-refractivity contribution in [3.05, 3.63) is 41.1 Å². The molecule has 80 valence electrons. The van der Waals surface area contributed by atoms with E-state index < -0.39 is 0 Å². The Kier molecular flexibility index (Phi) is 2.92. The summed E-state index contributed by atoms with van der Waals surface area (Å²) in [7, 11) is 0. The van der Waals surface area contributed by atoms with Crippen LogP contribution in [0.25, 0.3) is 11.3 Å². The summed E-state index contributed by atoms with van der Waals surface area (Å²) < 4.78 is 0. The number of nitrogens with zero attached hydrogens (tertiary/aromatic N) is 3. The average molecular weight is 234 g/mol. The van der Waals surface area contributed by atoms with Gasteiger partial charge in [-0.1, -0.05) is 11.6 Å². The van der Waals surface area contributed by atoms with E-state index in [9.17, 15) is 4.79 Å². The Morgan fingerprint density at radius 1 is 1.25 bits per heavy atom. The van der Waals surface area contributed by atoms with Gasteiger partial charge in [-0.15, -0.1) is 0 Å². The van der Waals surface area contributed by atoms with Crippen LogP contribution < -0.4 is 0 Å². The lowest BCUT2D eigenvalue weighted by molar-refractivity contribution is 0.112. The molecule has 0 bridgehead atoms. The third-order valence-corrected chi connectivity index (χ3v) is 2.44. The lowest BCUT2D eigenvalue weighted by atomic mass is 10.1. The predicted octanol–water partition coefficient (Wildman–Crippen LogP) is 2.31. The first kappa shape index (κ1) is 10.7. The van der Waals surface area contributed by atoms with E-state index in [1.165, 1.54) is 6.33 Å². The third kappa shape index (κ3) is 1.92. The molecule has 0 amide bonds. The maximum absolute atomic E-state index is 10.9. The fraction of sp³-hybridized carbons (Fsp3) is 0.0909. The van der Waals surface area contributed by atoms with Crippen LogP contribution in [0, 0.1) is 6.92 Å². The minimum atomic E-state index is 0.153. The summed E-state index contributed by atoms with van der Waals surface area (Å²) in [6.45, 7) is 1.89. The molecule has 0 aliphatic rings. The number of carbonyl (C=O) groups excluding carboxylic acids is 1. The van der Waals surface area contributed by atoms with Crippen molar-refractivity contribution in [1.82, 2.24) is 15.0 Å². The van der Waals surface area contributed by atoms with Crippen LogP contribution in [0.5, 0.6) is 0 Å². The van der Waals surface area contributed by atoms with E-state index in [4.69, 9.17) is 11.6 Å². The zero-order valence-electron chi connectivity index (χ0n) is 8.51. The van der Waals surface area contributed by atoms with Gasteiger partial charge >= 0.3 is 0 Å². The highest BCUT2D eigenvalue weighted by atomic mass is 35.5. The Balaban J connectivity index is 2.59. The summed E-state index contributed by atoms with van der Waals surface area (Å²) in [5.74, 6) is 0. The molecule has 2 heterocycles.